The molecule has 0 bridgehead atoms. The summed E-state index contributed by atoms with van der Waals surface area (Å²) in [5.41, 5.74) is 6.25. The Hall–Kier alpha value is -0.120. The van der Waals surface area contributed by atoms with Crippen molar-refractivity contribution in [2.45, 2.75) is 26.3 Å². The molecule has 0 aromatic carbocycles. The van der Waals surface area contributed by atoms with Crippen LogP contribution in [-0.2, 0) is 13.0 Å². The van der Waals surface area contributed by atoms with Crippen LogP contribution in [0.1, 0.15) is 24.0 Å². The minimum Gasteiger partial charge on any atom is -0.325 e. The molecule has 0 aliphatic carbocycles. The highest BCUT2D eigenvalue weighted by atomic mass is 35.5. The highest BCUT2D eigenvalue weighted by Gasteiger charge is 2.05. The van der Waals surface area contributed by atoms with Crippen LogP contribution < -0.4 is 5.73 Å². The van der Waals surface area contributed by atoms with Crippen molar-refractivity contribution in [1.29, 1.82) is 0 Å². The fraction of sp³-hybridized carbons (Fsp3) is 0.571. The predicted molar refractivity (Wildman–Crippen MR) is 49.0 cm³/mol. The number of rotatable bonds is 3. The molecule has 0 atom stereocenters. The summed E-state index contributed by atoms with van der Waals surface area (Å²) in [6.07, 6.45) is 2.11. The van der Waals surface area contributed by atoms with Gasteiger partial charge in [0.1, 0.15) is 4.34 Å². The number of aryl methyl sites for hydroxylation is 1. The molecule has 11 heavy (non-hydrogen) atoms. The van der Waals surface area contributed by atoms with E-state index in [0.29, 0.717) is 6.54 Å². The lowest BCUT2D eigenvalue weighted by molar-refractivity contribution is 0.888. The van der Waals surface area contributed by atoms with Gasteiger partial charge in [-0.2, -0.15) is 0 Å². The van der Waals surface area contributed by atoms with Crippen molar-refractivity contribution in [3.63, 3.8) is 0 Å². The third-order valence-corrected chi connectivity index (χ3v) is 2.75. The second kappa shape index (κ2) is 4.04. The summed E-state index contributed by atoms with van der Waals surface area (Å²) >= 11 is 7.39. The molecule has 0 aliphatic heterocycles. The van der Waals surface area contributed by atoms with Gasteiger partial charge >= 0.3 is 0 Å². The van der Waals surface area contributed by atoms with Crippen LogP contribution in [0.25, 0.3) is 0 Å². The molecule has 0 aliphatic rings. The summed E-state index contributed by atoms with van der Waals surface area (Å²) in [7, 11) is 0. The first kappa shape index (κ1) is 8.97. The van der Waals surface area contributed by atoms with Crippen LogP contribution in [0.15, 0.2) is 0 Å². The van der Waals surface area contributed by atoms with Crippen LogP contribution >= 0.6 is 22.9 Å². The molecular formula is C7H11ClN2S. The van der Waals surface area contributed by atoms with Crippen molar-refractivity contribution < 1.29 is 0 Å². The zero-order valence-corrected chi connectivity index (χ0v) is 8.00. The molecule has 1 aromatic rings. The van der Waals surface area contributed by atoms with E-state index in [4.69, 9.17) is 17.3 Å². The molecule has 4 heteroatoms. The zero-order valence-electron chi connectivity index (χ0n) is 6.43. The van der Waals surface area contributed by atoms with E-state index in [2.05, 4.69) is 11.9 Å². The van der Waals surface area contributed by atoms with Crippen LogP contribution in [0.2, 0.25) is 4.34 Å². The van der Waals surface area contributed by atoms with E-state index in [1.54, 1.807) is 0 Å². The first-order chi connectivity index (χ1) is 5.27. The lowest BCUT2D eigenvalue weighted by atomic mass is 10.3. The van der Waals surface area contributed by atoms with Crippen LogP contribution in [0, 0.1) is 0 Å². The van der Waals surface area contributed by atoms with Crippen LogP contribution in [0.4, 0.5) is 0 Å². The van der Waals surface area contributed by atoms with Gasteiger partial charge < -0.3 is 5.73 Å². The van der Waals surface area contributed by atoms with Crippen molar-refractivity contribution in [2.24, 2.45) is 5.73 Å². The molecule has 0 unspecified atom stereocenters. The summed E-state index contributed by atoms with van der Waals surface area (Å²) < 4.78 is 0.746. The van der Waals surface area contributed by atoms with Gasteiger partial charge in [0.05, 0.1) is 10.7 Å². The number of nitrogens with two attached hydrogens (primary N) is 1. The molecule has 0 spiro atoms. The largest absolute Gasteiger partial charge is 0.325 e. The molecule has 2 nitrogen and oxygen atoms in total. The standard InChI is InChI=1S/C7H11ClN2S/c1-2-3-6-10-5(4-9)7(8)11-6/h2-4,9H2,1H3. The maximum atomic E-state index is 5.86. The number of halogens is 1. The van der Waals surface area contributed by atoms with Gasteiger partial charge in [-0.25, -0.2) is 4.98 Å². The number of aromatic nitrogens is 1. The van der Waals surface area contributed by atoms with Gasteiger partial charge in [0, 0.05) is 6.54 Å². The fourth-order valence-electron chi connectivity index (χ4n) is 0.826. The first-order valence-electron chi connectivity index (χ1n) is 3.62. The van der Waals surface area contributed by atoms with Crippen molar-refractivity contribution >= 4 is 22.9 Å². The Labute approximate surface area is 75.4 Å². The van der Waals surface area contributed by atoms with Crippen molar-refractivity contribution in [3.8, 4) is 0 Å². The molecule has 1 rings (SSSR count). The average molecular weight is 191 g/mol. The minimum absolute atomic E-state index is 0.443. The molecule has 62 valence electrons. The van der Waals surface area contributed by atoms with Crippen molar-refractivity contribution in [2.75, 3.05) is 0 Å². The Bertz CT molecular complexity index is 234. The summed E-state index contributed by atoms with van der Waals surface area (Å²) in [6, 6.07) is 0. The molecule has 0 radical (unpaired) electrons. The third kappa shape index (κ3) is 2.15. The SMILES string of the molecule is CCCc1nc(CN)c(Cl)s1. The quantitative estimate of drug-likeness (QED) is 0.794. The predicted octanol–water partition coefficient (Wildman–Crippen LogP) is 2.21. The maximum absolute atomic E-state index is 5.86. The van der Waals surface area contributed by atoms with Crippen LogP contribution in [0.5, 0.6) is 0 Å². The minimum atomic E-state index is 0.443. The van der Waals surface area contributed by atoms with Gasteiger partial charge in [-0.05, 0) is 12.8 Å². The lowest BCUT2D eigenvalue weighted by Gasteiger charge is -1.87. The normalized spacial score (nSPS) is 10.5. The number of thiazole rings is 1. The van der Waals surface area contributed by atoms with E-state index in [0.717, 1.165) is 27.9 Å². The van der Waals surface area contributed by atoms with E-state index >= 15 is 0 Å². The van der Waals surface area contributed by atoms with Crippen LogP contribution in [0.3, 0.4) is 0 Å². The van der Waals surface area contributed by atoms with Crippen molar-refractivity contribution in [1.82, 2.24) is 4.98 Å². The van der Waals surface area contributed by atoms with Gasteiger partial charge in [-0.1, -0.05) is 18.5 Å². The Morgan fingerprint density at radius 2 is 2.36 bits per heavy atom. The summed E-state index contributed by atoms with van der Waals surface area (Å²) in [5, 5.41) is 1.10. The molecule has 0 amide bonds. The molecule has 1 heterocycles. The Balaban J connectivity index is 2.77. The highest BCUT2D eigenvalue weighted by Crippen LogP contribution is 2.24. The van der Waals surface area contributed by atoms with Crippen LogP contribution in [-0.4, -0.2) is 4.98 Å². The first-order valence-corrected chi connectivity index (χ1v) is 4.81. The number of hydrogen-bond donors (Lipinski definition) is 1. The monoisotopic (exact) mass is 190 g/mol. The lowest BCUT2D eigenvalue weighted by Crippen LogP contribution is -1.97. The molecule has 1 aromatic heterocycles. The Kier molecular flexibility index (Phi) is 3.30. The molecule has 0 saturated carbocycles. The van der Waals surface area contributed by atoms with E-state index in [-0.39, 0.29) is 0 Å². The zero-order chi connectivity index (χ0) is 8.27. The molecular weight excluding hydrogens is 180 g/mol. The Morgan fingerprint density at radius 1 is 1.64 bits per heavy atom. The molecule has 0 saturated heterocycles. The Morgan fingerprint density at radius 3 is 2.82 bits per heavy atom. The summed E-state index contributed by atoms with van der Waals surface area (Å²) in [4.78, 5) is 4.28. The van der Waals surface area contributed by atoms with Gasteiger partial charge in [0.2, 0.25) is 0 Å². The van der Waals surface area contributed by atoms with Crippen molar-refractivity contribution in [3.05, 3.63) is 15.0 Å². The topological polar surface area (TPSA) is 38.9 Å². The van der Waals surface area contributed by atoms with E-state index in [9.17, 15) is 0 Å². The van der Waals surface area contributed by atoms with Gasteiger partial charge in [-0.15, -0.1) is 11.3 Å². The highest BCUT2D eigenvalue weighted by molar-refractivity contribution is 7.16. The third-order valence-electron chi connectivity index (χ3n) is 1.35. The van der Waals surface area contributed by atoms with Gasteiger partial charge in [0.25, 0.3) is 0 Å². The molecule has 0 fully saturated rings. The summed E-state index contributed by atoms with van der Waals surface area (Å²) in [5.74, 6) is 0. The second-order valence-electron chi connectivity index (χ2n) is 2.28. The smallest absolute Gasteiger partial charge is 0.117 e. The van der Waals surface area contributed by atoms with E-state index < -0.39 is 0 Å². The fourth-order valence-corrected chi connectivity index (χ4v) is 2.13. The number of hydrogen-bond acceptors (Lipinski definition) is 3. The van der Waals surface area contributed by atoms with Gasteiger partial charge in [-0.3, -0.25) is 0 Å². The molecule has 2 N–H and O–H groups in total. The van der Waals surface area contributed by atoms with Gasteiger partial charge in [0.15, 0.2) is 0 Å². The van der Waals surface area contributed by atoms with E-state index in [1.807, 2.05) is 0 Å². The average Bonchev–Trinajstić information content (AvgIpc) is 2.32. The van der Waals surface area contributed by atoms with E-state index in [1.165, 1.54) is 11.3 Å². The maximum Gasteiger partial charge on any atom is 0.117 e. The summed E-state index contributed by atoms with van der Waals surface area (Å²) in [6.45, 7) is 2.57. The number of nitrogens with zero attached hydrogens (tertiary/aromatic N) is 1. The second-order valence-corrected chi connectivity index (χ2v) is 3.97.